The number of nitrogens with two attached hydrogens (primary N) is 1. The molecule has 3 aromatic rings. The van der Waals surface area contributed by atoms with Gasteiger partial charge in [0.1, 0.15) is 5.82 Å². The van der Waals surface area contributed by atoms with Crippen LogP contribution in [-0.2, 0) is 13.0 Å². The Balaban J connectivity index is 1.75. The van der Waals surface area contributed by atoms with E-state index in [0.29, 0.717) is 5.82 Å². The van der Waals surface area contributed by atoms with Crippen molar-refractivity contribution in [3.05, 3.63) is 48.5 Å². The monoisotopic (exact) mass is 305 g/mol. The van der Waals surface area contributed by atoms with Crippen LogP contribution in [0.3, 0.4) is 0 Å². The van der Waals surface area contributed by atoms with E-state index in [1.165, 1.54) is 16.8 Å². The maximum Gasteiger partial charge on any atom is 0.141 e. The number of nitrogen functional groups attached to an aromatic ring is 1. The lowest BCUT2D eigenvalue weighted by Gasteiger charge is -2.14. The highest BCUT2D eigenvalue weighted by Gasteiger charge is 2.31. The molecule has 5 heteroatoms. The zero-order valence-electron chi connectivity index (χ0n) is 13.3. The summed E-state index contributed by atoms with van der Waals surface area (Å²) in [4.78, 5) is 8.48. The number of anilines is 1. The molecule has 1 aliphatic rings. The van der Waals surface area contributed by atoms with Crippen LogP contribution in [0, 0.1) is 5.41 Å². The third-order valence-electron chi connectivity index (χ3n) is 4.31. The van der Waals surface area contributed by atoms with Crippen molar-refractivity contribution in [3.8, 4) is 22.4 Å². The predicted octanol–water partition coefficient (Wildman–Crippen LogP) is 3.17. The molecule has 3 heterocycles. The summed E-state index contributed by atoms with van der Waals surface area (Å²) in [5, 5.41) is 4.55. The Morgan fingerprint density at radius 1 is 1.09 bits per heavy atom. The van der Waals surface area contributed by atoms with Crippen LogP contribution in [-0.4, -0.2) is 19.7 Å². The first-order valence-electron chi connectivity index (χ1n) is 7.75. The summed E-state index contributed by atoms with van der Waals surface area (Å²) in [7, 11) is 0. The van der Waals surface area contributed by atoms with Gasteiger partial charge in [-0.1, -0.05) is 32.0 Å². The molecule has 0 spiro atoms. The summed E-state index contributed by atoms with van der Waals surface area (Å²) >= 11 is 0. The van der Waals surface area contributed by atoms with Crippen LogP contribution in [0.5, 0.6) is 0 Å². The van der Waals surface area contributed by atoms with Gasteiger partial charge < -0.3 is 5.73 Å². The van der Waals surface area contributed by atoms with E-state index < -0.39 is 0 Å². The fourth-order valence-corrected chi connectivity index (χ4v) is 3.22. The second kappa shape index (κ2) is 4.91. The molecule has 116 valence electrons. The van der Waals surface area contributed by atoms with Gasteiger partial charge in [-0.2, -0.15) is 5.10 Å². The molecule has 2 aromatic heterocycles. The fraction of sp³-hybridized carbons (Fsp3) is 0.278. The standard InChI is InChI=1S/C18H19N5/c1-18(2)7-16-14(8-22-23(16)11-18)12-4-3-5-13(6-12)15-9-21-17(19)10-20-15/h3-6,8-10H,7,11H2,1-2H3,(H2,19,21). The third kappa shape index (κ3) is 2.48. The molecule has 5 nitrogen and oxygen atoms in total. The van der Waals surface area contributed by atoms with E-state index in [0.717, 1.165) is 24.2 Å². The maximum absolute atomic E-state index is 5.61. The quantitative estimate of drug-likeness (QED) is 0.789. The van der Waals surface area contributed by atoms with Crippen molar-refractivity contribution in [2.24, 2.45) is 5.41 Å². The highest BCUT2D eigenvalue weighted by atomic mass is 15.3. The number of rotatable bonds is 2. The number of aromatic nitrogens is 4. The Hall–Kier alpha value is -2.69. The topological polar surface area (TPSA) is 69.6 Å². The molecule has 0 atom stereocenters. The molecule has 1 aliphatic heterocycles. The number of benzene rings is 1. The molecule has 1 aromatic carbocycles. The molecule has 2 N–H and O–H groups in total. The predicted molar refractivity (Wildman–Crippen MR) is 90.6 cm³/mol. The Morgan fingerprint density at radius 2 is 1.91 bits per heavy atom. The van der Waals surface area contributed by atoms with Gasteiger partial charge in [0.25, 0.3) is 0 Å². The number of nitrogens with zero attached hydrogens (tertiary/aromatic N) is 4. The van der Waals surface area contributed by atoms with Gasteiger partial charge in [0.2, 0.25) is 0 Å². The minimum Gasteiger partial charge on any atom is -0.382 e. The van der Waals surface area contributed by atoms with Crippen LogP contribution >= 0.6 is 0 Å². The molecule has 0 fully saturated rings. The molecule has 0 aliphatic carbocycles. The molecular formula is C18H19N5. The van der Waals surface area contributed by atoms with Gasteiger partial charge in [0, 0.05) is 23.4 Å². The van der Waals surface area contributed by atoms with Crippen LogP contribution in [0.1, 0.15) is 19.5 Å². The van der Waals surface area contributed by atoms with E-state index in [1.54, 1.807) is 12.4 Å². The number of hydrogen-bond donors (Lipinski definition) is 1. The first-order chi connectivity index (χ1) is 11.0. The molecule has 23 heavy (non-hydrogen) atoms. The molecular weight excluding hydrogens is 286 g/mol. The Labute approximate surface area is 135 Å². The maximum atomic E-state index is 5.61. The van der Waals surface area contributed by atoms with E-state index in [9.17, 15) is 0 Å². The van der Waals surface area contributed by atoms with E-state index in [1.807, 2.05) is 18.3 Å². The Kier molecular flexibility index (Phi) is 2.98. The average Bonchev–Trinajstić information content (AvgIpc) is 3.03. The normalized spacial score (nSPS) is 15.6. The summed E-state index contributed by atoms with van der Waals surface area (Å²) < 4.78 is 2.13. The Morgan fingerprint density at radius 3 is 2.70 bits per heavy atom. The zero-order chi connectivity index (χ0) is 16.0. The van der Waals surface area contributed by atoms with Gasteiger partial charge >= 0.3 is 0 Å². The van der Waals surface area contributed by atoms with Gasteiger partial charge in [0.05, 0.1) is 24.3 Å². The van der Waals surface area contributed by atoms with Crippen LogP contribution in [0.2, 0.25) is 0 Å². The minimum absolute atomic E-state index is 0.276. The highest BCUT2D eigenvalue weighted by Crippen LogP contribution is 2.37. The molecule has 0 unspecified atom stereocenters. The highest BCUT2D eigenvalue weighted by molar-refractivity contribution is 5.72. The second-order valence-corrected chi connectivity index (χ2v) is 6.91. The lowest BCUT2D eigenvalue weighted by molar-refractivity contribution is 0.347. The average molecular weight is 305 g/mol. The lowest BCUT2D eigenvalue weighted by Crippen LogP contribution is -2.12. The van der Waals surface area contributed by atoms with E-state index in [4.69, 9.17) is 5.73 Å². The van der Waals surface area contributed by atoms with Crippen molar-refractivity contribution in [2.45, 2.75) is 26.8 Å². The summed E-state index contributed by atoms with van der Waals surface area (Å²) in [5.74, 6) is 0.432. The van der Waals surface area contributed by atoms with Crippen LogP contribution in [0.4, 0.5) is 5.82 Å². The Bertz CT molecular complexity index is 861. The van der Waals surface area contributed by atoms with Crippen molar-refractivity contribution < 1.29 is 0 Å². The molecule has 0 radical (unpaired) electrons. The molecule has 4 rings (SSSR count). The van der Waals surface area contributed by atoms with Crippen molar-refractivity contribution in [1.29, 1.82) is 0 Å². The van der Waals surface area contributed by atoms with Gasteiger partial charge in [-0.3, -0.25) is 9.67 Å². The summed E-state index contributed by atoms with van der Waals surface area (Å²) in [6.07, 6.45) is 6.31. The first kappa shape index (κ1) is 13.9. The van der Waals surface area contributed by atoms with Crippen molar-refractivity contribution in [2.75, 3.05) is 5.73 Å². The van der Waals surface area contributed by atoms with E-state index >= 15 is 0 Å². The fourth-order valence-electron chi connectivity index (χ4n) is 3.22. The van der Waals surface area contributed by atoms with Crippen molar-refractivity contribution in [3.63, 3.8) is 0 Å². The minimum atomic E-state index is 0.276. The molecule has 0 saturated heterocycles. The molecule has 0 saturated carbocycles. The van der Waals surface area contributed by atoms with Gasteiger partial charge in [-0.05, 0) is 23.5 Å². The van der Waals surface area contributed by atoms with Gasteiger partial charge in [-0.25, -0.2) is 4.98 Å². The van der Waals surface area contributed by atoms with E-state index in [2.05, 4.69) is 45.7 Å². The summed E-state index contributed by atoms with van der Waals surface area (Å²) in [6, 6.07) is 8.35. The largest absolute Gasteiger partial charge is 0.382 e. The first-order valence-corrected chi connectivity index (χ1v) is 7.75. The number of fused-ring (bicyclic) bond motifs is 1. The molecule has 0 amide bonds. The molecule has 0 bridgehead atoms. The van der Waals surface area contributed by atoms with Crippen molar-refractivity contribution in [1.82, 2.24) is 19.7 Å². The summed E-state index contributed by atoms with van der Waals surface area (Å²) in [6.45, 7) is 5.54. The smallest absolute Gasteiger partial charge is 0.141 e. The third-order valence-corrected chi connectivity index (χ3v) is 4.31. The SMILES string of the molecule is CC1(C)Cc2c(-c3cccc(-c4cnc(N)cn4)c3)cnn2C1. The van der Waals surface area contributed by atoms with E-state index in [-0.39, 0.29) is 5.41 Å². The lowest BCUT2D eigenvalue weighted by atomic mass is 9.89. The summed E-state index contributed by atoms with van der Waals surface area (Å²) in [5.41, 5.74) is 11.4. The number of hydrogen-bond acceptors (Lipinski definition) is 4. The van der Waals surface area contributed by atoms with Crippen molar-refractivity contribution >= 4 is 5.82 Å². The van der Waals surface area contributed by atoms with Crippen LogP contribution in [0.15, 0.2) is 42.9 Å². The van der Waals surface area contributed by atoms with Gasteiger partial charge in [0.15, 0.2) is 0 Å². The zero-order valence-corrected chi connectivity index (χ0v) is 13.3. The second-order valence-electron chi connectivity index (χ2n) is 6.91. The van der Waals surface area contributed by atoms with Crippen LogP contribution < -0.4 is 5.73 Å². The van der Waals surface area contributed by atoms with Gasteiger partial charge in [-0.15, -0.1) is 0 Å². The van der Waals surface area contributed by atoms with Crippen LogP contribution in [0.25, 0.3) is 22.4 Å².